The van der Waals surface area contributed by atoms with Gasteiger partial charge in [0.05, 0.1) is 22.8 Å². The van der Waals surface area contributed by atoms with Crippen LogP contribution in [0, 0.1) is 6.92 Å². The van der Waals surface area contributed by atoms with Crippen LogP contribution in [0.15, 0.2) is 24.3 Å². The monoisotopic (exact) mass is 334 g/mol. The van der Waals surface area contributed by atoms with Gasteiger partial charge in [-0.2, -0.15) is 0 Å². The van der Waals surface area contributed by atoms with Crippen LogP contribution in [-0.2, 0) is 0 Å². The van der Waals surface area contributed by atoms with Crippen molar-refractivity contribution < 1.29 is 15.0 Å². The van der Waals surface area contributed by atoms with E-state index in [-0.39, 0.29) is 12.5 Å². The Kier molecular flexibility index (Phi) is 4.04. The van der Waals surface area contributed by atoms with Gasteiger partial charge in [-0.3, -0.25) is 9.78 Å². The molecule has 1 aliphatic heterocycles. The summed E-state index contributed by atoms with van der Waals surface area (Å²) in [5.74, 6) is -0.183. The Balaban J connectivity index is 2.00. The average molecular weight is 335 g/mol. The van der Waals surface area contributed by atoms with Crippen molar-refractivity contribution in [2.45, 2.75) is 32.0 Å². The molecule has 3 rings (SSSR count). The van der Waals surface area contributed by atoms with Crippen LogP contribution in [-0.4, -0.2) is 50.8 Å². The van der Waals surface area contributed by atoms with Crippen molar-refractivity contribution >= 4 is 28.4 Å². The molecule has 1 fully saturated rings. The average Bonchev–Trinajstić information content (AvgIpc) is 2.49. The fourth-order valence-electron chi connectivity index (χ4n) is 2.89. The summed E-state index contributed by atoms with van der Waals surface area (Å²) >= 11 is 6.06. The highest BCUT2D eigenvalue weighted by Gasteiger charge is 2.38. The van der Waals surface area contributed by atoms with E-state index < -0.39 is 11.7 Å². The Bertz CT molecular complexity index is 776. The van der Waals surface area contributed by atoms with Gasteiger partial charge >= 0.3 is 0 Å². The molecule has 0 unspecified atom stereocenters. The Hall–Kier alpha value is -1.69. The summed E-state index contributed by atoms with van der Waals surface area (Å²) in [6, 6.07) is 7.00. The van der Waals surface area contributed by atoms with Crippen molar-refractivity contribution in [2.75, 3.05) is 13.1 Å². The van der Waals surface area contributed by atoms with E-state index in [2.05, 4.69) is 4.98 Å². The second-order valence-electron chi connectivity index (χ2n) is 6.35. The van der Waals surface area contributed by atoms with Crippen LogP contribution in [0.2, 0.25) is 5.02 Å². The smallest absolute Gasteiger partial charge is 0.254 e. The molecule has 1 saturated heterocycles. The van der Waals surface area contributed by atoms with Crippen molar-refractivity contribution in [1.29, 1.82) is 0 Å². The van der Waals surface area contributed by atoms with Crippen molar-refractivity contribution in [2.24, 2.45) is 0 Å². The summed E-state index contributed by atoms with van der Waals surface area (Å²) < 4.78 is 0. The molecular weight excluding hydrogens is 316 g/mol. The van der Waals surface area contributed by atoms with Gasteiger partial charge in [0.15, 0.2) is 0 Å². The Morgan fingerprint density at radius 3 is 2.87 bits per heavy atom. The molecule has 6 heteroatoms. The Morgan fingerprint density at radius 1 is 1.43 bits per heavy atom. The molecule has 2 heterocycles. The number of pyridine rings is 1. The second-order valence-corrected chi connectivity index (χ2v) is 6.78. The molecule has 2 N–H and O–H groups in total. The van der Waals surface area contributed by atoms with E-state index >= 15 is 0 Å². The second kappa shape index (κ2) is 5.74. The molecule has 2 aromatic rings. The summed E-state index contributed by atoms with van der Waals surface area (Å²) in [4.78, 5) is 18.9. The molecule has 1 aromatic carbocycles. The molecule has 1 aromatic heterocycles. The number of hydrogen-bond acceptors (Lipinski definition) is 4. The summed E-state index contributed by atoms with van der Waals surface area (Å²) in [5, 5.41) is 21.3. The van der Waals surface area contributed by atoms with Gasteiger partial charge in [-0.05, 0) is 44.5 Å². The number of aliphatic hydroxyl groups excluding tert-OH is 1. The maximum absolute atomic E-state index is 12.9. The van der Waals surface area contributed by atoms with Crippen LogP contribution in [0.25, 0.3) is 10.9 Å². The molecule has 0 aliphatic carbocycles. The van der Waals surface area contributed by atoms with Gasteiger partial charge in [0.25, 0.3) is 5.91 Å². The van der Waals surface area contributed by atoms with Gasteiger partial charge in [-0.25, -0.2) is 0 Å². The number of aliphatic hydroxyl groups is 2. The molecule has 2 atom stereocenters. The predicted molar refractivity (Wildman–Crippen MR) is 88.6 cm³/mol. The van der Waals surface area contributed by atoms with Crippen LogP contribution < -0.4 is 0 Å². The van der Waals surface area contributed by atoms with E-state index in [4.69, 9.17) is 11.6 Å². The topological polar surface area (TPSA) is 73.7 Å². The highest BCUT2D eigenvalue weighted by molar-refractivity contribution is 6.31. The number of carbonyl (C=O) groups is 1. The molecule has 1 amide bonds. The lowest BCUT2D eigenvalue weighted by Gasteiger charge is -2.40. The van der Waals surface area contributed by atoms with Crippen LogP contribution in [0.3, 0.4) is 0 Å². The highest BCUT2D eigenvalue weighted by Crippen LogP contribution is 2.27. The standard InChI is InChI=1S/C17H19ClN2O3/c1-10-7-13(12-8-11(18)3-4-14(12)19-10)16(22)20-6-5-17(2,23)15(21)9-20/h3-4,7-8,15,21,23H,5-6,9H2,1-2H3/t15-,17-/m1/s1. The number of halogens is 1. The third kappa shape index (κ3) is 3.04. The van der Waals surface area contributed by atoms with E-state index in [9.17, 15) is 15.0 Å². The lowest BCUT2D eigenvalue weighted by molar-refractivity contribution is -0.0999. The molecule has 0 spiro atoms. The van der Waals surface area contributed by atoms with Crippen LogP contribution in [0.5, 0.6) is 0 Å². The zero-order chi connectivity index (χ0) is 16.8. The molecular formula is C17H19ClN2O3. The molecule has 0 bridgehead atoms. The number of nitrogens with zero attached hydrogens (tertiary/aromatic N) is 2. The highest BCUT2D eigenvalue weighted by atomic mass is 35.5. The molecule has 23 heavy (non-hydrogen) atoms. The molecule has 122 valence electrons. The first-order valence-electron chi connectivity index (χ1n) is 7.54. The Labute approximate surface area is 139 Å². The predicted octanol–water partition coefficient (Wildman–Crippen LogP) is 2.15. The van der Waals surface area contributed by atoms with Gasteiger partial charge in [0.2, 0.25) is 0 Å². The summed E-state index contributed by atoms with van der Waals surface area (Å²) in [5.41, 5.74) is 0.815. The number of β-amino-alcohol motifs (C(OH)–C–C–N with tert-alkyl or cyclic N) is 1. The maximum atomic E-state index is 12.9. The van der Waals surface area contributed by atoms with E-state index in [1.165, 1.54) is 0 Å². The summed E-state index contributed by atoms with van der Waals surface area (Å²) in [6.45, 7) is 3.92. The number of likely N-dealkylation sites (tertiary alicyclic amines) is 1. The van der Waals surface area contributed by atoms with Gasteiger partial charge in [0.1, 0.15) is 0 Å². The quantitative estimate of drug-likeness (QED) is 0.838. The first-order chi connectivity index (χ1) is 10.8. The van der Waals surface area contributed by atoms with E-state index in [0.29, 0.717) is 34.5 Å². The molecule has 1 aliphatic rings. The molecule has 0 saturated carbocycles. The number of fused-ring (bicyclic) bond motifs is 1. The minimum Gasteiger partial charge on any atom is -0.388 e. The van der Waals surface area contributed by atoms with Crippen LogP contribution >= 0.6 is 11.6 Å². The van der Waals surface area contributed by atoms with Crippen molar-refractivity contribution in [3.05, 3.63) is 40.5 Å². The zero-order valence-electron chi connectivity index (χ0n) is 13.1. The fraction of sp³-hybridized carbons (Fsp3) is 0.412. The third-order valence-corrected chi connectivity index (χ3v) is 4.65. The van der Waals surface area contributed by atoms with Crippen LogP contribution in [0.1, 0.15) is 29.4 Å². The van der Waals surface area contributed by atoms with E-state index in [0.717, 1.165) is 5.69 Å². The van der Waals surface area contributed by atoms with Gasteiger partial charge < -0.3 is 15.1 Å². The minimum absolute atomic E-state index is 0.106. The van der Waals surface area contributed by atoms with Gasteiger partial charge in [-0.15, -0.1) is 0 Å². The van der Waals surface area contributed by atoms with Crippen molar-refractivity contribution in [3.63, 3.8) is 0 Å². The summed E-state index contributed by atoms with van der Waals surface area (Å²) in [6.07, 6.45) is -0.624. The number of hydrogen-bond donors (Lipinski definition) is 2. The van der Waals surface area contributed by atoms with Gasteiger partial charge in [0, 0.05) is 29.2 Å². The number of benzene rings is 1. The van der Waals surface area contributed by atoms with Crippen molar-refractivity contribution in [3.8, 4) is 0 Å². The largest absolute Gasteiger partial charge is 0.388 e. The number of amides is 1. The normalized spacial score (nSPS) is 24.9. The number of carbonyl (C=O) groups excluding carboxylic acids is 1. The lowest BCUT2D eigenvalue weighted by Crippen LogP contribution is -2.55. The summed E-state index contributed by atoms with van der Waals surface area (Å²) in [7, 11) is 0. The minimum atomic E-state index is -1.16. The van der Waals surface area contributed by atoms with Gasteiger partial charge in [-0.1, -0.05) is 11.6 Å². The zero-order valence-corrected chi connectivity index (χ0v) is 13.8. The van der Waals surface area contributed by atoms with E-state index in [1.54, 1.807) is 36.1 Å². The first kappa shape index (κ1) is 16.2. The maximum Gasteiger partial charge on any atom is 0.254 e. The third-order valence-electron chi connectivity index (χ3n) is 4.42. The van der Waals surface area contributed by atoms with Crippen LogP contribution in [0.4, 0.5) is 0 Å². The number of rotatable bonds is 1. The molecule has 5 nitrogen and oxygen atoms in total. The first-order valence-corrected chi connectivity index (χ1v) is 7.92. The number of aromatic nitrogens is 1. The van der Waals surface area contributed by atoms with Crippen molar-refractivity contribution in [1.82, 2.24) is 9.88 Å². The Morgan fingerprint density at radius 2 is 2.17 bits per heavy atom. The number of aryl methyl sites for hydroxylation is 1. The fourth-order valence-corrected chi connectivity index (χ4v) is 3.06. The lowest BCUT2D eigenvalue weighted by atomic mass is 9.90. The van der Waals surface area contributed by atoms with E-state index in [1.807, 2.05) is 6.92 Å². The SMILES string of the molecule is Cc1cc(C(=O)N2CC[C@@](C)(O)[C@H](O)C2)c2cc(Cl)ccc2n1. The number of piperidine rings is 1. The molecule has 0 radical (unpaired) electrons.